The highest BCUT2D eigenvalue weighted by molar-refractivity contribution is 5.83. The summed E-state index contributed by atoms with van der Waals surface area (Å²) < 4.78 is 29.0. The fourth-order valence-electron chi connectivity index (χ4n) is 19.7. The third-order valence-electron chi connectivity index (χ3n) is 27.6. The first kappa shape index (κ1) is 87.2. The number of methoxy groups -OCH3 is 1. The Labute approximate surface area is 726 Å². The third kappa shape index (κ3) is 17.9. The molecule has 19 rings (SSSR count). The van der Waals surface area contributed by atoms with Crippen molar-refractivity contribution >= 4 is 84.0 Å². The van der Waals surface area contributed by atoms with Gasteiger partial charge in [0, 0.05) is 87.7 Å². The minimum atomic E-state index is -1.12. The van der Waals surface area contributed by atoms with E-state index in [9.17, 15) is 30.6 Å². The number of H-pyrrole nitrogens is 3. The molecule has 0 spiro atoms. The number of anilines is 3. The molecule has 15 N–H and O–H groups in total. The number of nitrogen functional groups attached to an aromatic ring is 3. The molecule has 7 aliphatic rings. The van der Waals surface area contributed by atoms with Gasteiger partial charge in [-0.1, -0.05) is 38.0 Å². The molecule has 0 bridgehead atoms. The van der Waals surface area contributed by atoms with E-state index in [0.717, 1.165) is 139 Å². The van der Waals surface area contributed by atoms with Gasteiger partial charge >= 0.3 is 0 Å². The predicted molar refractivity (Wildman–Crippen MR) is 474 cm³/mol. The SMILES string of the molecule is C#CC(C)(C)c1ccc2nc(CCC3CC(N(C[C@H]4O[C@@H](n5cnc6c(N)ncnc65)[C@H](O)[C@@H]4O)C(C)C)C3)[nH]c2c1.CC(C)N(C[C@H]1O[C@@H](n2cnc3c(N)ncnc32)[C@H](O)[C@@H]1O)C1CC(CCc2nc3ccc(C4CC4)cc3[nH]2)C1.COCC(C)(C)c1ccc2nc(CCC3CC(N(C[C@H]4O[C@@H](n5cnc6c(N)ncnc65)[C@H](O)[C@@H]4O)C(C)C)C3)[nH]c2c1. The summed E-state index contributed by atoms with van der Waals surface area (Å²) in [5.74, 6) is 9.38. The number of aromatic nitrogens is 18. The number of nitrogens with two attached hydrogens (primary N) is 3. The number of aryl methyl sites for hydroxylation is 3. The van der Waals surface area contributed by atoms with Gasteiger partial charge in [0.1, 0.15) is 108 Å². The molecule has 12 aromatic rings. The van der Waals surface area contributed by atoms with Crippen molar-refractivity contribution in [1.29, 1.82) is 0 Å². The van der Waals surface area contributed by atoms with Crippen LogP contribution in [0.4, 0.5) is 17.5 Å². The van der Waals surface area contributed by atoms with Gasteiger partial charge in [0.15, 0.2) is 53.1 Å². The van der Waals surface area contributed by atoms with E-state index in [4.69, 9.17) is 57.5 Å². The van der Waals surface area contributed by atoms with Crippen LogP contribution in [0.2, 0.25) is 0 Å². The Kier molecular flexibility index (Phi) is 25.0. The van der Waals surface area contributed by atoms with Crippen molar-refractivity contribution in [3.05, 3.63) is 127 Å². The standard InChI is InChI=1S/C31H44N8O4.C31H40N8O3.C29H38N8O3/c1-17(2)38(13-23-26(40)27(41)30(43-23)39-16-35-25-28(32)33-15-34-29(25)39)20-10-18(11-20)6-9-24-36-21-8-7-19(12-22(21)37-24)31(3,4)14-42-5;1-6-31(4,5)19-8-9-21-22(13-19)37-24(36-21)10-7-18-11-20(12-18)38(17(2)3)14-23-26(40)27(41)30(42-23)39-16-35-25-28(32)33-15-34-29(25)39;1-15(2)36(12-22-25(38)26(39)29(40-22)37-14-33-24-27(30)31-13-32-28(24)37)19-9-16(10-19)3-8-23-34-20-7-6-18(17-4-5-17)11-21(20)35-23/h7-8,12,15-18,20,23,26-27,30,40-41H,6,9-11,13-14H2,1-5H3,(H,36,37)(H2,32,33,34);1,8-9,13,15-18,20,23,26-27,30,40-41H,7,10-12,14H2,2-5H3,(H,36,37)(H2,32,33,34);6-7,11,13-17,19,22,25-26,29,38-39H,3-5,8-10,12H2,1-2H3,(H,34,35)(H2,30,31,32)/t2*18?,20?,23-,26-,27-,30-;16?,19?,22-,25-,26-,29-/m111/s1. The summed E-state index contributed by atoms with van der Waals surface area (Å²) in [6, 6.07) is 21.4. The summed E-state index contributed by atoms with van der Waals surface area (Å²) in [5.41, 5.74) is 30.2. The quantitative estimate of drug-likeness (QED) is 0.0195. The van der Waals surface area contributed by atoms with E-state index < -0.39 is 73.6 Å². The lowest BCUT2D eigenvalue weighted by atomic mass is 9.76. The molecule has 3 aliphatic heterocycles. The second-order valence-corrected chi connectivity index (χ2v) is 38.0. The van der Waals surface area contributed by atoms with Gasteiger partial charge in [-0.25, -0.2) is 59.8 Å². The largest absolute Gasteiger partial charge is 0.387 e. The van der Waals surface area contributed by atoms with Crippen LogP contribution in [0.3, 0.4) is 0 Å². The highest BCUT2D eigenvalue weighted by Crippen LogP contribution is 2.45. The molecule has 0 unspecified atom stereocenters. The zero-order valence-corrected chi connectivity index (χ0v) is 73.3. The van der Waals surface area contributed by atoms with Crippen LogP contribution in [0, 0.1) is 30.1 Å². The molecule has 666 valence electrons. The van der Waals surface area contributed by atoms with E-state index in [1.165, 1.54) is 61.9 Å². The van der Waals surface area contributed by atoms with Crippen molar-refractivity contribution in [2.75, 3.05) is 50.6 Å². The monoisotopic (exact) mass is 1710 g/mol. The highest BCUT2D eigenvalue weighted by Gasteiger charge is 2.51. The van der Waals surface area contributed by atoms with Gasteiger partial charge in [0.05, 0.1) is 64.1 Å². The van der Waals surface area contributed by atoms with Gasteiger partial charge in [0.25, 0.3) is 0 Å². The number of aliphatic hydroxyl groups excluding tert-OH is 6. The van der Waals surface area contributed by atoms with E-state index in [1.54, 1.807) is 20.8 Å². The van der Waals surface area contributed by atoms with Gasteiger partial charge in [0.2, 0.25) is 0 Å². The first-order chi connectivity index (χ1) is 60.0. The van der Waals surface area contributed by atoms with Crippen molar-refractivity contribution < 1.29 is 49.6 Å². The van der Waals surface area contributed by atoms with Crippen molar-refractivity contribution in [1.82, 2.24) is 103 Å². The number of aliphatic hydroxyl groups is 6. The molecule has 0 amide bonds. The van der Waals surface area contributed by atoms with E-state index in [2.05, 4.69) is 184 Å². The van der Waals surface area contributed by atoms with Gasteiger partial charge in [-0.05, 0) is 203 Å². The second kappa shape index (κ2) is 35.8. The lowest BCUT2D eigenvalue weighted by Gasteiger charge is -2.46. The zero-order chi connectivity index (χ0) is 87.8. The van der Waals surface area contributed by atoms with Crippen molar-refractivity contribution in [2.45, 2.75) is 286 Å². The maximum absolute atomic E-state index is 11.0. The topological polar surface area (TPSA) is 463 Å². The first-order valence-electron chi connectivity index (χ1n) is 44.5. The summed E-state index contributed by atoms with van der Waals surface area (Å²) in [7, 11) is 1.74. The maximum atomic E-state index is 11.0. The van der Waals surface area contributed by atoms with Crippen LogP contribution in [0.5, 0.6) is 0 Å². The summed E-state index contributed by atoms with van der Waals surface area (Å²) in [4.78, 5) is 69.8. The minimum absolute atomic E-state index is 0.0621. The number of nitrogens with one attached hydrogen (secondary N) is 3. The highest BCUT2D eigenvalue weighted by atomic mass is 16.6. The van der Waals surface area contributed by atoms with Gasteiger partial charge in [-0.15, -0.1) is 6.42 Å². The molecule has 12 heterocycles. The van der Waals surface area contributed by atoms with Crippen LogP contribution in [0.25, 0.3) is 66.6 Å². The number of ether oxygens (including phenoxy) is 4. The Hall–Kier alpha value is -9.84. The summed E-state index contributed by atoms with van der Waals surface area (Å²) >= 11 is 0. The van der Waals surface area contributed by atoms with Crippen LogP contribution in [-0.2, 0) is 49.0 Å². The molecule has 7 fully saturated rings. The number of hydrogen-bond donors (Lipinski definition) is 12. The zero-order valence-electron chi connectivity index (χ0n) is 73.3. The fourth-order valence-corrected chi connectivity index (χ4v) is 19.7. The Bertz CT molecular complexity index is 5790. The average Bonchev–Trinajstić information content (AvgIpc) is 1.62. The van der Waals surface area contributed by atoms with Crippen LogP contribution in [0.15, 0.2) is 92.6 Å². The molecule has 125 heavy (non-hydrogen) atoms. The van der Waals surface area contributed by atoms with Crippen LogP contribution < -0.4 is 17.2 Å². The lowest BCUT2D eigenvalue weighted by molar-refractivity contribution is -0.0620. The molecule has 9 aromatic heterocycles. The van der Waals surface area contributed by atoms with Crippen LogP contribution in [-0.4, -0.2) is 258 Å². The number of rotatable bonds is 29. The molecule has 34 heteroatoms. The Morgan fingerprint density at radius 2 is 0.808 bits per heavy atom. The number of benzene rings is 3. The molecule has 3 saturated heterocycles. The van der Waals surface area contributed by atoms with Crippen molar-refractivity contribution in [3.63, 3.8) is 0 Å². The van der Waals surface area contributed by atoms with E-state index in [1.807, 2.05) is 19.9 Å². The molecule has 4 aliphatic carbocycles. The summed E-state index contributed by atoms with van der Waals surface area (Å²) in [6.07, 6.45) is 19.1. The number of fused-ring (bicyclic) bond motifs is 6. The Morgan fingerprint density at radius 3 is 1.14 bits per heavy atom. The second-order valence-electron chi connectivity index (χ2n) is 38.0. The molecular formula is C91H122N24O10. The molecule has 34 nitrogen and oxygen atoms in total. The number of imidazole rings is 6. The summed E-state index contributed by atoms with van der Waals surface area (Å²) in [5, 5.41) is 65.5. The molecule has 0 radical (unpaired) electrons. The van der Waals surface area contributed by atoms with E-state index in [0.29, 0.717) is 95.6 Å². The maximum Gasteiger partial charge on any atom is 0.167 e. The smallest absolute Gasteiger partial charge is 0.167 e. The van der Waals surface area contributed by atoms with Crippen LogP contribution >= 0.6 is 0 Å². The summed E-state index contributed by atoms with van der Waals surface area (Å²) in [6.45, 7) is 23.7. The van der Waals surface area contributed by atoms with Gasteiger partial charge in [-0.3, -0.25) is 28.4 Å². The van der Waals surface area contributed by atoms with Crippen LogP contribution in [0.1, 0.15) is 199 Å². The lowest BCUT2D eigenvalue weighted by Crippen LogP contribution is -2.52. The number of nitrogens with zero attached hydrogens (tertiary/aromatic N) is 18. The Balaban J connectivity index is 0.000000133. The first-order valence-corrected chi connectivity index (χ1v) is 44.5. The fraction of sp³-hybridized carbons (Fsp3) is 0.582. The Morgan fingerprint density at radius 1 is 0.472 bits per heavy atom. The average molecular weight is 1710 g/mol. The molecule has 4 saturated carbocycles. The number of aromatic amines is 3. The molecular weight excluding hydrogens is 1590 g/mol. The molecule has 12 atom stereocenters. The van der Waals surface area contributed by atoms with E-state index in [-0.39, 0.29) is 46.4 Å². The third-order valence-corrected chi connectivity index (χ3v) is 27.6. The van der Waals surface area contributed by atoms with E-state index >= 15 is 0 Å². The predicted octanol–water partition coefficient (Wildman–Crippen LogP) is 8.79. The van der Waals surface area contributed by atoms with Crippen molar-refractivity contribution in [2.24, 2.45) is 17.8 Å². The number of terminal acetylenes is 1. The number of hydrogen-bond acceptors (Lipinski definition) is 28. The van der Waals surface area contributed by atoms with Gasteiger partial charge < -0.3 is 81.7 Å². The minimum Gasteiger partial charge on any atom is -0.387 e. The normalized spacial score (nSPS) is 27.1. The molecule has 3 aromatic carbocycles. The van der Waals surface area contributed by atoms with Crippen molar-refractivity contribution in [3.8, 4) is 12.3 Å². The van der Waals surface area contributed by atoms with Gasteiger partial charge in [-0.2, -0.15) is 0 Å².